The standard InChI is InChI=1S/C22H22BrN3O2S2.C5H5N/c1-4-5-12-26-20(27)19(30-22(26)24-15-8-6-14(23)7-9-15)21-25(2)17-13-16(28-3)10-11-18(17)29-21;1-2-4-6-5-3-1/h6-11,13H,4-5,12H2,1-3H3;1-5H/b21-19-,24-22?;. The number of anilines is 1. The quantitative estimate of drug-likeness (QED) is 0.294. The lowest BCUT2D eigenvalue weighted by molar-refractivity contribution is -0.122. The highest BCUT2D eigenvalue weighted by atomic mass is 79.9. The summed E-state index contributed by atoms with van der Waals surface area (Å²) in [6.07, 6.45) is 5.46. The molecule has 0 N–H and O–H groups in total. The zero-order valence-corrected chi connectivity index (χ0v) is 23.6. The van der Waals surface area contributed by atoms with Gasteiger partial charge in [0.15, 0.2) is 5.17 Å². The number of carbonyl (C=O) groups is 1. The van der Waals surface area contributed by atoms with Crippen LogP contribution in [0.3, 0.4) is 0 Å². The summed E-state index contributed by atoms with van der Waals surface area (Å²) in [6, 6.07) is 19.5. The van der Waals surface area contributed by atoms with Gasteiger partial charge in [0.05, 0.1) is 23.5 Å². The zero-order chi connectivity index (χ0) is 25.5. The Labute approximate surface area is 229 Å². The van der Waals surface area contributed by atoms with Gasteiger partial charge in [-0.3, -0.25) is 14.7 Å². The van der Waals surface area contributed by atoms with Crippen molar-refractivity contribution in [1.82, 2.24) is 9.88 Å². The van der Waals surface area contributed by atoms with Crippen LogP contribution in [0.1, 0.15) is 19.8 Å². The fourth-order valence-electron chi connectivity index (χ4n) is 3.52. The third-order valence-electron chi connectivity index (χ3n) is 5.45. The van der Waals surface area contributed by atoms with Crippen molar-refractivity contribution in [3.8, 4) is 5.75 Å². The van der Waals surface area contributed by atoms with Gasteiger partial charge in [-0.15, -0.1) is 0 Å². The number of hydrogen-bond donors (Lipinski definition) is 0. The first kappa shape index (κ1) is 26.3. The van der Waals surface area contributed by atoms with Crippen molar-refractivity contribution in [2.24, 2.45) is 4.99 Å². The molecule has 2 aromatic carbocycles. The summed E-state index contributed by atoms with van der Waals surface area (Å²) >= 11 is 6.54. The lowest BCUT2D eigenvalue weighted by atomic mass is 10.3. The van der Waals surface area contributed by atoms with E-state index in [0.717, 1.165) is 54.4 Å². The number of aromatic nitrogens is 1. The predicted molar refractivity (Wildman–Crippen MR) is 154 cm³/mol. The molecular formula is C27H27BrN4O2S2. The molecule has 0 radical (unpaired) electrons. The molecule has 0 saturated carbocycles. The second kappa shape index (κ2) is 12.5. The Morgan fingerprint density at radius 1 is 1.06 bits per heavy atom. The number of hydrogen-bond acceptors (Lipinski definition) is 7. The molecule has 9 heteroatoms. The number of fused-ring (bicyclic) bond motifs is 1. The molecule has 3 heterocycles. The van der Waals surface area contributed by atoms with Crippen LogP contribution in [0.15, 0.2) is 97.4 Å². The van der Waals surface area contributed by atoms with Gasteiger partial charge in [0, 0.05) is 41.4 Å². The number of carbonyl (C=O) groups excluding carboxylic acids is 1. The number of benzene rings is 2. The molecular weight excluding hydrogens is 556 g/mol. The SMILES string of the molecule is CCCCN1C(=O)/C(=C2/Sc3ccc(OC)cc3N2C)SC1=Nc1ccc(Br)cc1.c1ccncc1. The van der Waals surface area contributed by atoms with E-state index in [1.807, 2.05) is 72.6 Å². The number of nitrogens with zero attached hydrogens (tertiary/aromatic N) is 4. The number of unbranched alkanes of at least 4 members (excludes halogenated alkanes) is 1. The molecule has 3 aromatic rings. The Morgan fingerprint density at radius 2 is 1.81 bits per heavy atom. The van der Waals surface area contributed by atoms with Crippen LogP contribution < -0.4 is 9.64 Å². The van der Waals surface area contributed by atoms with E-state index in [9.17, 15) is 4.79 Å². The molecule has 6 nitrogen and oxygen atoms in total. The smallest absolute Gasteiger partial charge is 0.269 e. The van der Waals surface area contributed by atoms with Crippen molar-refractivity contribution in [3.05, 3.63) is 87.5 Å². The topological polar surface area (TPSA) is 58.0 Å². The summed E-state index contributed by atoms with van der Waals surface area (Å²) in [5, 5.41) is 1.68. The summed E-state index contributed by atoms with van der Waals surface area (Å²) in [7, 11) is 3.66. The Bertz CT molecular complexity index is 1240. The highest BCUT2D eigenvalue weighted by Gasteiger charge is 2.39. The van der Waals surface area contributed by atoms with Crippen LogP contribution in [0.2, 0.25) is 0 Å². The third-order valence-corrected chi connectivity index (χ3v) is 8.41. The largest absolute Gasteiger partial charge is 0.497 e. The minimum Gasteiger partial charge on any atom is -0.497 e. The van der Waals surface area contributed by atoms with Gasteiger partial charge in [-0.2, -0.15) is 0 Å². The summed E-state index contributed by atoms with van der Waals surface area (Å²) in [4.78, 5) is 27.7. The van der Waals surface area contributed by atoms with Crippen LogP contribution >= 0.6 is 39.5 Å². The molecule has 0 unspecified atom stereocenters. The van der Waals surface area contributed by atoms with Crippen molar-refractivity contribution >= 4 is 61.9 Å². The van der Waals surface area contributed by atoms with Crippen LogP contribution in [0.4, 0.5) is 11.4 Å². The van der Waals surface area contributed by atoms with Gasteiger partial charge >= 0.3 is 0 Å². The molecule has 36 heavy (non-hydrogen) atoms. The Morgan fingerprint density at radius 3 is 2.42 bits per heavy atom. The highest BCUT2D eigenvalue weighted by molar-refractivity contribution is 9.10. The van der Waals surface area contributed by atoms with Crippen LogP contribution in [0.25, 0.3) is 0 Å². The fraction of sp³-hybridized carbons (Fsp3) is 0.222. The van der Waals surface area contributed by atoms with Crippen molar-refractivity contribution < 1.29 is 9.53 Å². The third kappa shape index (κ3) is 6.14. The number of halogens is 1. The van der Waals surface area contributed by atoms with Gasteiger partial charge in [-0.25, -0.2) is 4.99 Å². The van der Waals surface area contributed by atoms with Crippen LogP contribution in [-0.2, 0) is 4.79 Å². The van der Waals surface area contributed by atoms with Crippen molar-refractivity contribution in [2.75, 3.05) is 25.6 Å². The number of thioether (sulfide) groups is 2. The van der Waals surface area contributed by atoms with E-state index in [1.165, 1.54) is 11.8 Å². The number of amidine groups is 1. The van der Waals surface area contributed by atoms with E-state index >= 15 is 0 Å². The molecule has 0 spiro atoms. The molecule has 5 rings (SSSR count). The van der Waals surface area contributed by atoms with Crippen molar-refractivity contribution in [1.29, 1.82) is 0 Å². The molecule has 1 amide bonds. The van der Waals surface area contributed by atoms with Gasteiger partial charge < -0.3 is 9.64 Å². The normalized spacial score (nSPS) is 17.8. The van der Waals surface area contributed by atoms with Crippen LogP contribution in [0.5, 0.6) is 5.75 Å². The second-order valence-corrected chi connectivity index (χ2v) is 10.9. The average Bonchev–Trinajstić information content (AvgIpc) is 3.40. The van der Waals surface area contributed by atoms with E-state index < -0.39 is 0 Å². The number of amides is 1. The summed E-state index contributed by atoms with van der Waals surface area (Å²) < 4.78 is 6.37. The zero-order valence-electron chi connectivity index (χ0n) is 20.3. The first-order chi connectivity index (χ1) is 17.5. The van der Waals surface area contributed by atoms with E-state index in [1.54, 1.807) is 31.3 Å². The number of methoxy groups -OCH3 is 1. The fourth-order valence-corrected chi connectivity index (χ4v) is 6.14. The van der Waals surface area contributed by atoms with Crippen LogP contribution in [0, 0.1) is 0 Å². The first-order valence-corrected chi connectivity index (χ1v) is 14.0. The van der Waals surface area contributed by atoms with E-state index in [4.69, 9.17) is 9.73 Å². The van der Waals surface area contributed by atoms with Crippen molar-refractivity contribution in [3.63, 3.8) is 0 Å². The summed E-state index contributed by atoms with van der Waals surface area (Å²) in [5.74, 6) is 0.832. The molecule has 0 aliphatic carbocycles. The minimum atomic E-state index is 0.0263. The molecule has 2 aliphatic heterocycles. The summed E-state index contributed by atoms with van der Waals surface area (Å²) in [5.41, 5.74) is 1.88. The maximum Gasteiger partial charge on any atom is 0.269 e. The minimum absolute atomic E-state index is 0.0263. The van der Waals surface area contributed by atoms with E-state index in [-0.39, 0.29) is 5.91 Å². The molecule has 1 saturated heterocycles. The van der Waals surface area contributed by atoms with E-state index in [2.05, 4.69) is 32.7 Å². The molecule has 1 aromatic heterocycles. The number of aliphatic imine (C=N–C) groups is 1. The molecule has 2 aliphatic rings. The molecule has 1 fully saturated rings. The van der Waals surface area contributed by atoms with Gasteiger partial charge in [0.2, 0.25) is 0 Å². The van der Waals surface area contributed by atoms with Gasteiger partial charge in [0.25, 0.3) is 5.91 Å². The maximum absolute atomic E-state index is 13.4. The first-order valence-electron chi connectivity index (χ1n) is 11.5. The predicted octanol–water partition coefficient (Wildman–Crippen LogP) is 7.31. The van der Waals surface area contributed by atoms with Crippen LogP contribution in [-0.4, -0.2) is 41.7 Å². The van der Waals surface area contributed by atoms with E-state index in [0.29, 0.717) is 6.54 Å². The summed E-state index contributed by atoms with van der Waals surface area (Å²) in [6.45, 7) is 2.80. The molecule has 186 valence electrons. The highest BCUT2D eigenvalue weighted by Crippen LogP contribution is 2.51. The Balaban J connectivity index is 0.000000445. The average molecular weight is 584 g/mol. The van der Waals surface area contributed by atoms with Gasteiger partial charge in [-0.1, -0.05) is 47.1 Å². The van der Waals surface area contributed by atoms with Crippen molar-refractivity contribution in [2.45, 2.75) is 24.7 Å². The number of pyridine rings is 1. The maximum atomic E-state index is 13.4. The van der Waals surface area contributed by atoms with Gasteiger partial charge in [-0.05, 0) is 66.7 Å². The van der Waals surface area contributed by atoms with Gasteiger partial charge in [0.1, 0.15) is 10.7 Å². The second-order valence-electron chi connectivity index (χ2n) is 7.94. The number of ether oxygens (including phenoxy) is 1. The monoisotopic (exact) mass is 582 g/mol. The molecule has 0 atom stereocenters. The lowest BCUT2D eigenvalue weighted by Crippen LogP contribution is -2.30. The Kier molecular flexibility index (Phi) is 9.12. The Hall–Kier alpha value is -2.75. The molecule has 0 bridgehead atoms. The number of rotatable bonds is 5. The lowest BCUT2D eigenvalue weighted by Gasteiger charge is -2.16.